The van der Waals surface area contributed by atoms with Crippen molar-refractivity contribution in [2.75, 3.05) is 0 Å². The summed E-state index contributed by atoms with van der Waals surface area (Å²) in [6, 6.07) is 69.8. The molecule has 5 heteroatoms. The molecule has 0 fully saturated rings. The number of benzene rings is 10. The minimum Gasteiger partial charge on any atom is -0.456 e. The molecule has 0 amide bonds. The van der Waals surface area contributed by atoms with Gasteiger partial charge in [-0.25, -0.2) is 15.0 Å². The Kier molecular flexibility index (Phi) is 7.54. The summed E-state index contributed by atoms with van der Waals surface area (Å²) in [5.41, 5.74) is 10.5. The number of furan rings is 2. The van der Waals surface area contributed by atoms with Crippen LogP contribution in [-0.4, -0.2) is 15.0 Å². The molecule has 10 aromatic carbocycles. The lowest BCUT2D eigenvalue weighted by molar-refractivity contribution is 0.669. The van der Waals surface area contributed by atoms with Gasteiger partial charge in [-0.1, -0.05) is 158 Å². The molecule has 3 heterocycles. The quantitative estimate of drug-likeness (QED) is 0.162. The van der Waals surface area contributed by atoms with Gasteiger partial charge in [-0.05, 0) is 91.6 Å². The SMILES string of the molecule is c1ccc(-c2ccccc2-c2ccc3c(c2)oc2cccc(-c4nc(-c5ccc6oc7c8ccccc8ccc7c6c5)nc(-c5cccc6c5ccc5ccccc56)n4)c23)cc1. The van der Waals surface area contributed by atoms with Crippen molar-refractivity contribution in [3.05, 3.63) is 200 Å². The van der Waals surface area contributed by atoms with E-state index in [1.54, 1.807) is 0 Å². The molecule has 0 N–H and O–H groups in total. The van der Waals surface area contributed by atoms with Crippen LogP contribution in [0.15, 0.2) is 209 Å². The molecule has 0 aliphatic carbocycles. The first kappa shape index (κ1) is 34.5. The lowest BCUT2D eigenvalue weighted by Crippen LogP contribution is -2.01. The second-order valence-electron chi connectivity index (χ2n) is 15.9. The zero-order chi connectivity index (χ0) is 40.7. The van der Waals surface area contributed by atoms with Crippen LogP contribution >= 0.6 is 0 Å². The van der Waals surface area contributed by atoms with E-state index in [9.17, 15) is 0 Å². The monoisotopic (exact) mass is 791 g/mol. The van der Waals surface area contributed by atoms with Gasteiger partial charge in [0.15, 0.2) is 17.5 Å². The van der Waals surface area contributed by atoms with E-state index in [-0.39, 0.29) is 0 Å². The van der Waals surface area contributed by atoms with Crippen LogP contribution in [0.4, 0.5) is 0 Å². The van der Waals surface area contributed by atoms with Gasteiger partial charge in [-0.15, -0.1) is 0 Å². The van der Waals surface area contributed by atoms with E-state index in [4.69, 9.17) is 23.8 Å². The largest absolute Gasteiger partial charge is 0.456 e. The summed E-state index contributed by atoms with van der Waals surface area (Å²) in [5.74, 6) is 1.74. The maximum absolute atomic E-state index is 6.68. The highest BCUT2D eigenvalue weighted by atomic mass is 16.3. The van der Waals surface area contributed by atoms with Crippen molar-refractivity contribution < 1.29 is 8.83 Å². The average molecular weight is 792 g/mol. The molecule has 3 aromatic heterocycles. The fourth-order valence-electron chi connectivity index (χ4n) is 9.41. The molecule has 0 bridgehead atoms. The summed E-state index contributed by atoms with van der Waals surface area (Å²) >= 11 is 0. The highest BCUT2D eigenvalue weighted by molar-refractivity contribution is 6.16. The second kappa shape index (κ2) is 13.6. The summed E-state index contributed by atoms with van der Waals surface area (Å²) in [4.78, 5) is 15.9. The maximum atomic E-state index is 6.68. The van der Waals surface area contributed by atoms with E-state index in [0.717, 1.165) is 93.2 Å². The Hall–Kier alpha value is -8.41. The molecule has 0 aliphatic heterocycles. The summed E-state index contributed by atoms with van der Waals surface area (Å²) in [7, 11) is 0. The fourth-order valence-corrected chi connectivity index (χ4v) is 9.41. The van der Waals surface area contributed by atoms with Crippen molar-refractivity contribution in [1.29, 1.82) is 0 Å². The van der Waals surface area contributed by atoms with Crippen LogP contribution in [0.3, 0.4) is 0 Å². The van der Waals surface area contributed by atoms with Gasteiger partial charge in [0, 0.05) is 43.6 Å². The van der Waals surface area contributed by atoms with E-state index in [0.29, 0.717) is 17.5 Å². The number of rotatable bonds is 5. The van der Waals surface area contributed by atoms with Gasteiger partial charge >= 0.3 is 0 Å². The van der Waals surface area contributed by atoms with E-state index >= 15 is 0 Å². The van der Waals surface area contributed by atoms with Gasteiger partial charge in [0.1, 0.15) is 22.3 Å². The molecule has 0 saturated heterocycles. The van der Waals surface area contributed by atoms with Crippen LogP contribution in [0.25, 0.3) is 133 Å². The Balaban J connectivity index is 1.02. The van der Waals surface area contributed by atoms with E-state index in [1.165, 1.54) is 21.9 Å². The molecule has 0 radical (unpaired) electrons. The summed E-state index contributed by atoms with van der Waals surface area (Å²) in [6.45, 7) is 0. The zero-order valence-electron chi connectivity index (χ0n) is 33.2. The van der Waals surface area contributed by atoms with Crippen molar-refractivity contribution in [2.24, 2.45) is 0 Å². The predicted molar refractivity (Wildman–Crippen MR) is 254 cm³/mol. The Morgan fingerprint density at radius 1 is 0.274 bits per heavy atom. The normalized spacial score (nSPS) is 11.9. The van der Waals surface area contributed by atoms with Crippen LogP contribution in [0.5, 0.6) is 0 Å². The van der Waals surface area contributed by atoms with Crippen LogP contribution in [-0.2, 0) is 0 Å². The number of hydrogen-bond donors (Lipinski definition) is 0. The van der Waals surface area contributed by atoms with E-state index in [2.05, 4.69) is 176 Å². The molecular weight excluding hydrogens is 759 g/mol. The Labute approximate surface area is 355 Å². The first-order valence-electron chi connectivity index (χ1n) is 20.8. The summed E-state index contributed by atoms with van der Waals surface area (Å²) in [5, 5.41) is 10.8. The smallest absolute Gasteiger partial charge is 0.164 e. The van der Waals surface area contributed by atoms with Crippen molar-refractivity contribution >= 4 is 76.2 Å². The minimum atomic E-state index is 0.567. The summed E-state index contributed by atoms with van der Waals surface area (Å²) in [6.07, 6.45) is 0. The molecule has 0 atom stereocenters. The van der Waals surface area contributed by atoms with Crippen LogP contribution in [0, 0.1) is 0 Å². The molecule has 288 valence electrons. The molecule has 5 nitrogen and oxygen atoms in total. The topological polar surface area (TPSA) is 65.0 Å². The van der Waals surface area contributed by atoms with Gasteiger partial charge in [0.05, 0.1) is 0 Å². The van der Waals surface area contributed by atoms with Crippen molar-refractivity contribution in [1.82, 2.24) is 15.0 Å². The third kappa shape index (κ3) is 5.38. The molecule has 0 aliphatic rings. The summed E-state index contributed by atoms with van der Waals surface area (Å²) < 4.78 is 13.2. The molecule has 0 unspecified atom stereocenters. The third-order valence-electron chi connectivity index (χ3n) is 12.3. The molecule has 13 aromatic rings. The maximum Gasteiger partial charge on any atom is 0.164 e. The third-order valence-corrected chi connectivity index (χ3v) is 12.3. The lowest BCUT2D eigenvalue weighted by Gasteiger charge is -2.12. The lowest BCUT2D eigenvalue weighted by atomic mass is 9.94. The highest BCUT2D eigenvalue weighted by Crippen LogP contribution is 2.42. The van der Waals surface area contributed by atoms with Gasteiger partial charge in [-0.3, -0.25) is 0 Å². The van der Waals surface area contributed by atoms with Crippen molar-refractivity contribution in [2.45, 2.75) is 0 Å². The fraction of sp³-hybridized carbons (Fsp3) is 0. The number of aromatic nitrogens is 3. The van der Waals surface area contributed by atoms with Crippen LogP contribution in [0.2, 0.25) is 0 Å². The molecule has 13 rings (SSSR count). The van der Waals surface area contributed by atoms with Crippen molar-refractivity contribution in [3.8, 4) is 56.4 Å². The van der Waals surface area contributed by atoms with Gasteiger partial charge < -0.3 is 8.83 Å². The van der Waals surface area contributed by atoms with E-state index in [1.807, 2.05) is 24.3 Å². The van der Waals surface area contributed by atoms with Gasteiger partial charge in [-0.2, -0.15) is 0 Å². The van der Waals surface area contributed by atoms with Gasteiger partial charge in [0.2, 0.25) is 0 Å². The van der Waals surface area contributed by atoms with Crippen LogP contribution in [0.1, 0.15) is 0 Å². The standard InChI is InChI=1S/C57H33N3O2/c1-2-12-34(13-3-1)39-16-8-9-18-41(39)37-26-30-47-52(33-37)61-51-23-11-22-48(53(47)51)57-59-55(38-27-31-50-49(32-38)45-29-25-36-15-5-7-19-42(36)54(45)62-50)58-56(60-57)46-21-10-20-43-40-17-6-4-14-35(40)24-28-44(43)46/h1-33H. The van der Waals surface area contributed by atoms with Crippen LogP contribution < -0.4 is 0 Å². The minimum absolute atomic E-state index is 0.567. The second-order valence-corrected chi connectivity index (χ2v) is 15.9. The Morgan fingerprint density at radius 2 is 0.887 bits per heavy atom. The number of hydrogen-bond acceptors (Lipinski definition) is 5. The van der Waals surface area contributed by atoms with E-state index < -0.39 is 0 Å². The zero-order valence-corrected chi connectivity index (χ0v) is 33.2. The Morgan fingerprint density at radius 3 is 1.74 bits per heavy atom. The first-order valence-corrected chi connectivity index (χ1v) is 20.8. The molecule has 0 saturated carbocycles. The predicted octanol–water partition coefficient (Wildman–Crippen LogP) is 15.5. The average Bonchev–Trinajstić information content (AvgIpc) is 3.92. The Bertz CT molecular complexity index is 3940. The first-order chi connectivity index (χ1) is 30.7. The van der Waals surface area contributed by atoms with Crippen molar-refractivity contribution in [3.63, 3.8) is 0 Å². The molecular formula is C57H33N3O2. The number of fused-ring (bicyclic) bond motifs is 11. The molecule has 62 heavy (non-hydrogen) atoms. The van der Waals surface area contributed by atoms with Gasteiger partial charge in [0.25, 0.3) is 0 Å². The number of nitrogens with zero attached hydrogens (tertiary/aromatic N) is 3. The highest BCUT2D eigenvalue weighted by Gasteiger charge is 2.21. The molecule has 0 spiro atoms.